The maximum atomic E-state index is 13.8. The van der Waals surface area contributed by atoms with Crippen molar-refractivity contribution in [3.63, 3.8) is 0 Å². The Balaban J connectivity index is 1.87. The Hall–Kier alpha value is -0.600. The predicted octanol–water partition coefficient (Wildman–Crippen LogP) is 3.49. The van der Waals surface area contributed by atoms with E-state index in [1.54, 1.807) is 6.07 Å². The normalized spacial score (nSPS) is 33.0. The Bertz CT molecular complexity index is 395. The lowest BCUT2D eigenvalue weighted by atomic mass is 9.86. The lowest BCUT2D eigenvalue weighted by molar-refractivity contribution is 0.349. The number of fused-ring (bicyclic) bond motifs is 2. The predicted molar refractivity (Wildman–Crippen MR) is 62.3 cm³/mol. The van der Waals surface area contributed by atoms with E-state index < -0.39 is 0 Å². The number of hydrogen-bond donors (Lipinski definition) is 0. The molecule has 1 nitrogen and oxygen atoms in total. The molecule has 0 aliphatic carbocycles. The van der Waals surface area contributed by atoms with Gasteiger partial charge < -0.3 is 0 Å². The van der Waals surface area contributed by atoms with Crippen LogP contribution in [0, 0.1) is 5.82 Å². The maximum Gasteiger partial charge on any atom is 0.128 e. The quantitative estimate of drug-likeness (QED) is 0.711. The van der Waals surface area contributed by atoms with Gasteiger partial charge in [0, 0.05) is 17.1 Å². The number of nitrogens with zero attached hydrogens (tertiary/aromatic N) is 1. The van der Waals surface area contributed by atoms with E-state index in [9.17, 15) is 4.39 Å². The summed E-state index contributed by atoms with van der Waals surface area (Å²) in [5, 5.41) is 5.14. The van der Waals surface area contributed by atoms with E-state index in [0.717, 1.165) is 18.4 Å². The van der Waals surface area contributed by atoms with E-state index in [-0.39, 0.29) is 5.82 Å². The van der Waals surface area contributed by atoms with Crippen molar-refractivity contribution in [1.29, 1.82) is 0 Å². The van der Waals surface area contributed by atoms with E-state index >= 15 is 0 Å². The van der Waals surface area contributed by atoms with Crippen LogP contribution in [0.15, 0.2) is 18.2 Å². The average Bonchev–Trinajstić information content (AvgIpc) is 2.58. The monoisotopic (exact) mass is 238 g/mol. The van der Waals surface area contributed by atoms with Crippen molar-refractivity contribution in [2.45, 2.75) is 43.7 Å². The molecule has 2 heterocycles. The average molecular weight is 239 g/mol. The fourth-order valence-corrected chi connectivity index (χ4v) is 3.19. The molecule has 1 radical (unpaired) electrons. The maximum absolute atomic E-state index is 13.8. The van der Waals surface area contributed by atoms with Gasteiger partial charge in [0.15, 0.2) is 0 Å². The van der Waals surface area contributed by atoms with Crippen LogP contribution >= 0.6 is 11.6 Å². The van der Waals surface area contributed by atoms with E-state index in [1.807, 2.05) is 6.07 Å². The first-order chi connectivity index (χ1) is 7.72. The first-order valence-electron chi connectivity index (χ1n) is 5.87. The molecule has 2 saturated heterocycles. The standard InChI is InChI=1S/C13H14ClFN/c14-9-1-4-12(13(15)7-9)8-5-10-2-3-11(6-8)16-10/h1,4,7-8,10-11H,2-3,5-6H2. The summed E-state index contributed by atoms with van der Waals surface area (Å²) in [6, 6.07) is 5.99. The second-order valence-electron chi connectivity index (χ2n) is 4.87. The largest absolute Gasteiger partial charge is 0.235 e. The first-order valence-corrected chi connectivity index (χ1v) is 6.25. The molecule has 2 unspecified atom stereocenters. The van der Waals surface area contributed by atoms with Crippen molar-refractivity contribution in [2.75, 3.05) is 0 Å². The highest BCUT2D eigenvalue weighted by Gasteiger charge is 2.36. The van der Waals surface area contributed by atoms with Gasteiger partial charge in [0.1, 0.15) is 5.82 Å². The van der Waals surface area contributed by atoms with Crippen LogP contribution in [-0.4, -0.2) is 12.1 Å². The van der Waals surface area contributed by atoms with Gasteiger partial charge in [0.05, 0.1) is 0 Å². The Morgan fingerprint density at radius 3 is 2.50 bits per heavy atom. The van der Waals surface area contributed by atoms with Crippen molar-refractivity contribution < 1.29 is 4.39 Å². The summed E-state index contributed by atoms with van der Waals surface area (Å²) in [4.78, 5) is 0. The molecule has 2 aliphatic heterocycles. The molecule has 2 atom stereocenters. The van der Waals surface area contributed by atoms with Crippen LogP contribution in [-0.2, 0) is 0 Å². The summed E-state index contributed by atoms with van der Waals surface area (Å²) in [6.07, 6.45) is 4.40. The van der Waals surface area contributed by atoms with E-state index in [1.165, 1.54) is 18.9 Å². The summed E-state index contributed by atoms with van der Waals surface area (Å²) in [6.45, 7) is 0. The van der Waals surface area contributed by atoms with Crippen LogP contribution in [0.5, 0.6) is 0 Å². The van der Waals surface area contributed by atoms with Gasteiger partial charge in [-0.05, 0) is 49.3 Å². The molecule has 16 heavy (non-hydrogen) atoms. The molecule has 3 heteroatoms. The molecule has 1 aromatic carbocycles. The summed E-state index contributed by atoms with van der Waals surface area (Å²) < 4.78 is 13.8. The van der Waals surface area contributed by atoms with E-state index in [2.05, 4.69) is 5.32 Å². The Morgan fingerprint density at radius 2 is 1.88 bits per heavy atom. The van der Waals surface area contributed by atoms with Crippen LogP contribution in [0.2, 0.25) is 5.02 Å². The Kier molecular flexibility index (Phi) is 2.64. The van der Waals surface area contributed by atoms with Gasteiger partial charge in [-0.25, -0.2) is 9.71 Å². The van der Waals surface area contributed by atoms with Gasteiger partial charge in [-0.15, -0.1) is 0 Å². The summed E-state index contributed by atoms with van der Waals surface area (Å²) in [5.74, 6) is 0.186. The summed E-state index contributed by atoms with van der Waals surface area (Å²) in [7, 11) is 0. The molecular weight excluding hydrogens is 225 g/mol. The SMILES string of the molecule is Fc1cc(Cl)ccc1C1CC2CCC(C1)[N]2. The third-order valence-electron chi connectivity index (χ3n) is 3.77. The van der Waals surface area contributed by atoms with Crippen LogP contribution in [0.3, 0.4) is 0 Å². The number of halogens is 2. The lowest BCUT2D eigenvalue weighted by Crippen LogP contribution is -2.31. The zero-order chi connectivity index (χ0) is 11.1. The highest BCUT2D eigenvalue weighted by molar-refractivity contribution is 6.30. The number of benzene rings is 1. The fraction of sp³-hybridized carbons (Fsp3) is 0.538. The van der Waals surface area contributed by atoms with Gasteiger partial charge in [-0.2, -0.15) is 0 Å². The van der Waals surface area contributed by atoms with Crippen molar-refractivity contribution in [1.82, 2.24) is 5.32 Å². The van der Waals surface area contributed by atoms with E-state index in [4.69, 9.17) is 11.6 Å². The third kappa shape index (κ3) is 1.85. The van der Waals surface area contributed by atoms with Gasteiger partial charge >= 0.3 is 0 Å². The minimum absolute atomic E-state index is 0.154. The Morgan fingerprint density at radius 1 is 1.19 bits per heavy atom. The molecule has 0 aromatic heterocycles. The topological polar surface area (TPSA) is 14.1 Å². The van der Waals surface area contributed by atoms with Gasteiger partial charge in [0.25, 0.3) is 0 Å². The molecule has 85 valence electrons. The van der Waals surface area contributed by atoms with Crippen LogP contribution < -0.4 is 5.32 Å². The third-order valence-corrected chi connectivity index (χ3v) is 4.01. The Labute approximate surface area is 100.0 Å². The molecule has 3 rings (SSSR count). The van der Waals surface area contributed by atoms with Gasteiger partial charge in [-0.3, -0.25) is 0 Å². The second kappa shape index (κ2) is 4.01. The molecule has 1 aromatic rings. The first kappa shape index (κ1) is 10.5. The molecule has 2 aliphatic rings. The molecule has 0 spiro atoms. The zero-order valence-electron chi connectivity index (χ0n) is 9.00. The fourth-order valence-electron chi connectivity index (χ4n) is 3.03. The van der Waals surface area contributed by atoms with E-state index in [0.29, 0.717) is 23.0 Å². The number of piperidine rings is 1. The number of hydrogen-bond acceptors (Lipinski definition) is 0. The zero-order valence-corrected chi connectivity index (χ0v) is 9.75. The van der Waals surface area contributed by atoms with Crippen molar-refractivity contribution in [3.05, 3.63) is 34.6 Å². The van der Waals surface area contributed by atoms with Crippen LogP contribution in [0.4, 0.5) is 4.39 Å². The second-order valence-corrected chi connectivity index (χ2v) is 5.30. The molecule has 2 bridgehead atoms. The number of rotatable bonds is 1. The summed E-state index contributed by atoms with van der Waals surface area (Å²) in [5.41, 5.74) is 0.830. The molecule has 2 fully saturated rings. The smallest absolute Gasteiger partial charge is 0.128 e. The minimum Gasteiger partial charge on any atom is -0.235 e. The van der Waals surface area contributed by atoms with Gasteiger partial charge in [0.2, 0.25) is 0 Å². The highest BCUT2D eigenvalue weighted by atomic mass is 35.5. The van der Waals surface area contributed by atoms with Crippen molar-refractivity contribution >= 4 is 11.6 Å². The molecular formula is C13H14ClFN. The molecule has 0 N–H and O–H groups in total. The van der Waals surface area contributed by atoms with Crippen LogP contribution in [0.25, 0.3) is 0 Å². The molecule has 0 amide bonds. The van der Waals surface area contributed by atoms with Crippen molar-refractivity contribution in [2.24, 2.45) is 0 Å². The van der Waals surface area contributed by atoms with Crippen molar-refractivity contribution in [3.8, 4) is 0 Å². The van der Waals surface area contributed by atoms with Gasteiger partial charge in [-0.1, -0.05) is 17.7 Å². The minimum atomic E-state index is -0.154. The molecule has 0 saturated carbocycles. The lowest BCUT2D eigenvalue weighted by Gasteiger charge is -2.28. The van der Waals surface area contributed by atoms with Crippen LogP contribution in [0.1, 0.15) is 37.2 Å². The highest BCUT2D eigenvalue weighted by Crippen LogP contribution is 2.39. The summed E-state index contributed by atoms with van der Waals surface area (Å²) >= 11 is 5.77.